The fourth-order valence-corrected chi connectivity index (χ4v) is 6.19. The lowest BCUT2D eigenvalue weighted by molar-refractivity contribution is 0.461. The first-order valence-corrected chi connectivity index (χ1v) is 16.7. The van der Waals surface area contributed by atoms with E-state index in [9.17, 15) is 36.2 Å². The third-order valence-corrected chi connectivity index (χ3v) is 8.84. The number of nitrogens with zero attached hydrogens (tertiary/aromatic N) is 4. The second-order valence-corrected chi connectivity index (χ2v) is 12.9. The van der Waals surface area contributed by atoms with Crippen LogP contribution in [0.3, 0.4) is 0 Å². The SMILES string of the molecule is O=S(=O)([O-])c1cc(N=Nc2ccc(C#Cc3ccc(N=Nc4cc(S(=O)(=O)[O-])c5ccccc5c4O)cc3)cc2)c(O)c2ccccc12. The molecule has 0 saturated carbocycles. The number of aromatic hydroxyl groups is 2. The zero-order valence-corrected chi connectivity index (χ0v) is 26.0. The molecule has 0 heterocycles. The Kier molecular flexibility index (Phi) is 8.44. The van der Waals surface area contributed by atoms with Crippen molar-refractivity contribution >= 4 is 64.5 Å². The Morgan fingerprint density at radius 1 is 0.479 bits per heavy atom. The Labute approximate surface area is 273 Å². The Morgan fingerprint density at radius 2 is 0.812 bits per heavy atom. The molecule has 12 nitrogen and oxygen atoms in total. The van der Waals surface area contributed by atoms with E-state index in [2.05, 4.69) is 32.3 Å². The van der Waals surface area contributed by atoms with Gasteiger partial charge in [0.2, 0.25) is 0 Å². The van der Waals surface area contributed by atoms with Crippen molar-refractivity contribution < 1.29 is 36.2 Å². The van der Waals surface area contributed by atoms with Crippen LogP contribution < -0.4 is 0 Å². The highest BCUT2D eigenvalue weighted by molar-refractivity contribution is 7.86. The third-order valence-electron chi connectivity index (χ3n) is 7.09. The van der Waals surface area contributed by atoms with E-state index in [4.69, 9.17) is 0 Å². The predicted octanol–water partition coefficient (Wildman–Crippen LogP) is 7.44. The van der Waals surface area contributed by atoms with Gasteiger partial charge >= 0.3 is 0 Å². The van der Waals surface area contributed by atoms with E-state index in [0.29, 0.717) is 22.5 Å². The maximum absolute atomic E-state index is 11.8. The van der Waals surface area contributed by atoms with Gasteiger partial charge in [-0.3, -0.25) is 0 Å². The monoisotopic (exact) mass is 676 g/mol. The van der Waals surface area contributed by atoms with Gasteiger partial charge in [0.15, 0.2) is 11.5 Å². The van der Waals surface area contributed by atoms with Gasteiger partial charge in [0.25, 0.3) is 0 Å². The summed E-state index contributed by atoms with van der Waals surface area (Å²) in [6.45, 7) is 0. The van der Waals surface area contributed by atoms with Crippen molar-refractivity contribution in [1.82, 2.24) is 0 Å². The van der Waals surface area contributed by atoms with E-state index in [-0.39, 0.29) is 44.4 Å². The third kappa shape index (κ3) is 6.75. The maximum Gasteiger partial charge on any atom is 0.150 e. The van der Waals surface area contributed by atoms with E-state index in [0.717, 1.165) is 12.1 Å². The van der Waals surface area contributed by atoms with Crippen molar-refractivity contribution in [2.45, 2.75) is 9.79 Å². The van der Waals surface area contributed by atoms with Gasteiger partial charge in [-0.2, -0.15) is 10.2 Å². The number of phenolic OH excluding ortho intramolecular Hbond substituents is 2. The quantitative estimate of drug-likeness (QED) is 0.103. The molecule has 0 saturated heterocycles. The molecule has 0 unspecified atom stereocenters. The standard InChI is InChI=1S/C34H22N4O8S2/c39-33-27-7-3-1-5-25(27)31(47(41,42)43)19-29(33)37-35-23-15-11-21(12-16-23)9-10-22-13-17-24(18-14-22)36-38-30-20-32(48(44,45)46)26-6-2-4-8-28(26)34(30)40/h1-8,11-20,39-40H,(H,41,42,43)(H,44,45,46)/p-2. The molecule has 0 aliphatic carbocycles. The molecule has 0 aliphatic heterocycles. The number of azo groups is 2. The number of fused-ring (bicyclic) bond motifs is 2. The van der Waals surface area contributed by atoms with Crippen LogP contribution in [0.2, 0.25) is 0 Å². The summed E-state index contributed by atoms with van der Waals surface area (Å²) in [5, 5.41) is 37.7. The second-order valence-electron chi connectivity index (χ2n) is 10.2. The van der Waals surface area contributed by atoms with Gasteiger partial charge in [0.1, 0.15) is 31.6 Å². The molecule has 6 rings (SSSR count). The molecule has 0 aromatic heterocycles. The summed E-state index contributed by atoms with van der Waals surface area (Å²) in [5.41, 5.74) is 1.69. The summed E-state index contributed by atoms with van der Waals surface area (Å²) in [5.74, 6) is 5.38. The van der Waals surface area contributed by atoms with Gasteiger partial charge in [-0.25, -0.2) is 16.8 Å². The molecule has 0 aliphatic rings. The van der Waals surface area contributed by atoms with Crippen molar-refractivity contribution in [2.24, 2.45) is 20.5 Å². The molecular formula is C34H20N4O8S2-2. The molecule has 0 bridgehead atoms. The number of hydrogen-bond acceptors (Lipinski definition) is 12. The second kappa shape index (κ2) is 12.7. The van der Waals surface area contributed by atoms with Crippen LogP contribution in [0.1, 0.15) is 11.1 Å². The molecular weight excluding hydrogens is 657 g/mol. The van der Waals surface area contributed by atoms with Gasteiger partial charge in [0.05, 0.1) is 21.2 Å². The number of benzene rings is 6. The van der Waals surface area contributed by atoms with E-state index >= 15 is 0 Å². The summed E-state index contributed by atoms with van der Waals surface area (Å²) < 4.78 is 70.8. The molecule has 0 fully saturated rings. The van der Waals surface area contributed by atoms with Crippen molar-refractivity contribution in [2.75, 3.05) is 0 Å². The Morgan fingerprint density at radius 3 is 1.15 bits per heavy atom. The largest absolute Gasteiger partial charge is 0.744 e. The topological polar surface area (TPSA) is 204 Å². The van der Waals surface area contributed by atoms with Crippen molar-refractivity contribution in [3.63, 3.8) is 0 Å². The molecule has 14 heteroatoms. The lowest BCUT2D eigenvalue weighted by Crippen LogP contribution is -1.99. The van der Waals surface area contributed by atoms with E-state index in [1.807, 2.05) is 0 Å². The predicted molar refractivity (Wildman–Crippen MR) is 174 cm³/mol. The molecule has 238 valence electrons. The van der Waals surface area contributed by atoms with Crippen LogP contribution in [0, 0.1) is 11.8 Å². The Bertz CT molecular complexity index is 2400. The van der Waals surface area contributed by atoms with Crippen molar-refractivity contribution in [3.8, 4) is 23.3 Å². The lowest BCUT2D eigenvalue weighted by atomic mass is 10.1. The first-order chi connectivity index (χ1) is 22.9. The molecule has 48 heavy (non-hydrogen) atoms. The minimum Gasteiger partial charge on any atom is -0.744 e. The summed E-state index contributed by atoms with van der Waals surface area (Å²) in [6, 6.07) is 27.3. The molecule has 0 radical (unpaired) electrons. The molecule has 6 aromatic rings. The average molecular weight is 677 g/mol. The van der Waals surface area contributed by atoms with E-state index < -0.39 is 30.0 Å². The first kappa shape index (κ1) is 32.0. The summed E-state index contributed by atoms with van der Waals surface area (Å²) in [7, 11) is -9.69. The zero-order valence-electron chi connectivity index (χ0n) is 24.3. The van der Waals surface area contributed by atoms with Gasteiger partial charge in [-0.1, -0.05) is 60.4 Å². The minimum atomic E-state index is -4.84. The summed E-state index contributed by atoms with van der Waals surface area (Å²) in [4.78, 5) is -1.02. The van der Waals surface area contributed by atoms with Gasteiger partial charge in [0, 0.05) is 32.7 Å². The zero-order chi connectivity index (χ0) is 34.1. The van der Waals surface area contributed by atoms with Crippen LogP contribution in [0.5, 0.6) is 11.5 Å². The van der Waals surface area contributed by atoms with E-state index in [1.165, 1.54) is 24.3 Å². The van der Waals surface area contributed by atoms with Crippen molar-refractivity contribution in [1.29, 1.82) is 0 Å². The Hall–Kier alpha value is -5.98. The fourth-order valence-electron chi connectivity index (χ4n) is 4.78. The van der Waals surface area contributed by atoms with Crippen LogP contribution in [-0.2, 0) is 20.2 Å². The highest BCUT2D eigenvalue weighted by Gasteiger charge is 2.16. The lowest BCUT2D eigenvalue weighted by Gasteiger charge is -2.13. The van der Waals surface area contributed by atoms with Gasteiger partial charge in [-0.05, 0) is 60.7 Å². The molecule has 0 spiro atoms. The van der Waals surface area contributed by atoms with Crippen LogP contribution in [0.25, 0.3) is 21.5 Å². The van der Waals surface area contributed by atoms with Crippen LogP contribution in [0.15, 0.2) is 139 Å². The molecule has 6 aromatic carbocycles. The van der Waals surface area contributed by atoms with Crippen LogP contribution in [-0.4, -0.2) is 36.2 Å². The highest BCUT2D eigenvalue weighted by Crippen LogP contribution is 2.41. The maximum atomic E-state index is 11.8. The Balaban J connectivity index is 1.17. The normalized spacial score (nSPS) is 12.1. The van der Waals surface area contributed by atoms with Crippen LogP contribution in [0.4, 0.5) is 22.7 Å². The van der Waals surface area contributed by atoms with Gasteiger partial charge < -0.3 is 19.3 Å². The summed E-state index contributed by atoms with van der Waals surface area (Å²) >= 11 is 0. The van der Waals surface area contributed by atoms with Gasteiger partial charge in [-0.15, -0.1) is 10.2 Å². The van der Waals surface area contributed by atoms with Crippen molar-refractivity contribution in [3.05, 3.63) is 120 Å². The van der Waals surface area contributed by atoms with Crippen LogP contribution >= 0.6 is 0 Å². The molecule has 2 N–H and O–H groups in total. The smallest absolute Gasteiger partial charge is 0.150 e. The van der Waals surface area contributed by atoms with E-state index in [1.54, 1.807) is 72.8 Å². The fraction of sp³-hybridized carbons (Fsp3) is 0. The highest BCUT2D eigenvalue weighted by atomic mass is 32.2. The average Bonchev–Trinajstić information content (AvgIpc) is 3.07. The first-order valence-electron chi connectivity index (χ1n) is 13.9. The number of phenols is 2. The summed E-state index contributed by atoms with van der Waals surface area (Å²) in [6.07, 6.45) is 0. The minimum absolute atomic E-state index is 0.0852. The molecule has 0 atom stereocenters. The molecule has 0 amide bonds. The number of hydrogen-bond donors (Lipinski definition) is 2. The number of rotatable bonds is 6.